The zero-order valence-corrected chi connectivity index (χ0v) is 10.9. The van der Waals surface area contributed by atoms with Crippen LogP contribution in [0, 0.1) is 0 Å². The smallest absolute Gasteiger partial charge is 0.255 e. The predicted octanol–water partition coefficient (Wildman–Crippen LogP) is 2.99. The van der Waals surface area contributed by atoms with Crippen LogP contribution in [0.15, 0.2) is 46.9 Å². The first-order chi connectivity index (χ1) is 8.58. The van der Waals surface area contributed by atoms with Crippen LogP contribution in [0.5, 0.6) is 5.75 Å². The molecular formula is C13H11BrN2O2. The third-order valence-corrected chi connectivity index (χ3v) is 3.13. The molecule has 0 heterocycles. The first kappa shape index (κ1) is 12.4. The molecule has 92 valence electrons. The number of nitrogen functional groups attached to an aromatic ring is 1. The monoisotopic (exact) mass is 306 g/mol. The van der Waals surface area contributed by atoms with Crippen LogP contribution in [-0.2, 0) is 0 Å². The second-order valence-corrected chi connectivity index (χ2v) is 4.56. The number of para-hydroxylation sites is 2. The van der Waals surface area contributed by atoms with Gasteiger partial charge in [0, 0.05) is 15.7 Å². The summed E-state index contributed by atoms with van der Waals surface area (Å²) in [5.74, 6) is -0.299. The number of rotatable bonds is 2. The molecule has 4 N–H and O–H groups in total. The predicted molar refractivity (Wildman–Crippen MR) is 74.6 cm³/mol. The maximum atomic E-state index is 11.9. The van der Waals surface area contributed by atoms with E-state index in [1.54, 1.807) is 36.4 Å². The van der Waals surface area contributed by atoms with Crippen molar-refractivity contribution in [1.29, 1.82) is 0 Å². The molecular weight excluding hydrogens is 296 g/mol. The first-order valence-corrected chi connectivity index (χ1v) is 6.01. The molecule has 0 aliphatic carbocycles. The lowest BCUT2D eigenvalue weighted by Gasteiger charge is -2.08. The minimum atomic E-state index is -0.323. The lowest BCUT2D eigenvalue weighted by Crippen LogP contribution is -2.12. The van der Waals surface area contributed by atoms with E-state index in [2.05, 4.69) is 21.2 Å². The summed E-state index contributed by atoms with van der Waals surface area (Å²) in [5, 5.41) is 12.2. The van der Waals surface area contributed by atoms with Gasteiger partial charge < -0.3 is 16.2 Å². The molecule has 0 radical (unpaired) electrons. The Morgan fingerprint density at radius 3 is 2.61 bits per heavy atom. The largest absolute Gasteiger partial charge is 0.506 e. The van der Waals surface area contributed by atoms with Gasteiger partial charge in [0.2, 0.25) is 0 Å². The second kappa shape index (κ2) is 5.10. The fraction of sp³-hybridized carbons (Fsp3) is 0. The Morgan fingerprint density at radius 1 is 1.22 bits per heavy atom. The van der Waals surface area contributed by atoms with Crippen LogP contribution in [0.2, 0.25) is 0 Å². The quantitative estimate of drug-likeness (QED) is 0.590. The SMILES string of the molecule is Nc1cc(C(=O)Nc2ccccc2O)ccc1Br. The molecule has 0 atom stereocenters. The van der Waals surface area contributed by atoms with Crippen molar-refractivity contribution in [3.63, 3.8) is 0 Å². The third kappa shape index (κ3) is 2.62. The molecule has 1 amide bonds. The van der Waals surface area contributed by atoms with E-state index in [1.807, 2.05) is 0 Å². The number of hydrogen-bond acceptors (Lipinski definition) is 3. The van der Waals surface area contributed by atoms with E-state index in [0.717, 1.165) is 4.47 Å². The zero-order valence-electron chi connectivity index (χ0n) is 9.35. The molecule has 0 aliphatic heterocycles. The van der Waals surface area contributed by atoms with Crippen molar-refractivity contribution in [1.82, 2.24) is 0 Å². The number of amides is 1. The Morgan fingerprint density at radius 2 is 1.94 bits per heavy atom. The van der Waals surface area contributed by atoms with Gasteiger partial charge in [0.1, 0.15) is 5.75 Å². The van der Waals surface area contributed by atoms with Crippen LogP contribution < -0.4 is 11.1 Å². The Kier molecular flexibility index (Phi) is 3.53. The second-order valence-electron chi connectivity index (χ2n) is 3.71. The van der Waals surface area contributed by atoms with E-state index in [9.17, 15) is 9.90 Å². The summed E-state index contributed by atoms with van der Waals surface area (Å²) in [6, 6.07) is 11.5. The maximum absolute atomic E-state index is 11.9. The number of nitrogens with one attached hydrogen (secondary N) is 1. The standard InChI is InChI=1S/C13H11BrN2O2/c14-9-6-5-8(7-10(9)15)13(18)16-11-3-1-2-4-12(11)17/h1-7,17H,15H2,(H,16,18). The minimum Gasteiger partial charge on any atom is -0.506 e. The summed E-state index contributed by atoms with van der Waals surface area (Å²) >= 11 is 3.26. The van der Waals surface area contributed by atoms with Gasteiger partial charge in [-0.25, -0.2) is 0 Å². The number of anilines is 2. The molecule has 0 fully saturated rings. The molecule has 0 saturated heterocycles. The van der Waals surface area contributed by atoms with E-state index in [4.69, 9.17) is 5.73 Å². The van der Waals surface area contributed by atoms with Crippen molar-refractivity contribution in [2.75, 3.05) is 11.1 Å². The van der Waals surface area contributed by atoms with Crippen molar-refractivity contribution >= 4 is 33.2 Å². The van der Waals surface area contributed by atoms with E-state index in [1.165, 1.54) is 6.07 Å². The van der Waals surface area contributed by atoms with Gasteiger partial charge in [0.15, 0.2) is 0 Å². The molecule has 2 aromatic rings. The molecule has 0 aromatic heterocycles. The highest BCUT2D eigenvalue weighted by Gasteiger charge is 2.09. The van der Waals surface area contributed by atoms with Crippen LogP contribution in [0.4, 0.5) is 11.4 Å². The lowest BCUT2D eigenvalue weighted by molar-refractivity contribution is 0.102. The number of carbonyl (C=O) groups is 1. The Balaban J connectivity index is 2.22. The number of carbonyl (C=O) groups excluding carboxylic acids is 1. The molecule has 5 heteroatoms. The number of aromatic hydroxyl groups is 1. The van der Waals surface area contributed by atoms with Crippen LogP contribution >= 0.6 is 15.9 Å². The van der Waals surface area contributed by atoms with E-state index in [0.29, 0.717) is 16.9 Å². The third-order valence-electron chi connectivity index (χ3n) is 2.41. The van der Waals surface area contributed by atoms with E-state index < -0.39 is 0 Å². The van der Waals surface area contributed by atoms with Gasteiger partial charge in [-0.2, -0.15) is 0 Å². The number of phenols is 1. The molecule has 2 aromatic carbocycles. The summed E-state index contributed by atoms with van der Waals surface area (Å²) < 4.78 is 0.738. The van der Waals surface area contributed by atoms with Crippen LogP contribution in [-0.4, -0.2) is 11.0 Å². The van der Waals surface area contributed by atoms with Gasteiger partial charge >= 0.3 is 0 Å². The highest BCUT2D eigenvalue weighted by atomic mass is 79.9. The van der Waals surface area contributed by atoms with Gasteiger partial charge in [-0.15, -0.1) is 0 Å². The minimum absolute atomic E-state index is 0.0240. The normalized spacial score (nSPS) is 10.1. The van der Waals surface area contributed by atoms with E-state index >= 15 is 0 Å². The Bertz CT molecular complexity index is 599. The fourth-order valence-corrected chi connectivity index (χ4v) is 1.71. The Hall–Kier alpha value is -2.01. The summed E-state index contributed by atoms with van der Waals surface area (Å²) in [6.45, 7) is 0. The molecule has 0 bridgehead atoms. The molecule has 0 saturated carbocycles. The molecule has 0 aliphatic rings. The average Bonchev–Trinajstić information content (AvgIpc) is 2.35. The summed E-state index contributed by atoms with van der Waals surface area (Å²) in [5.41, 5.74) is 6.99. The average molecular weight is 307 g/mol. The molecule has 0 unspecified atom stereocenters. The number of halogens is 1. The fourth-order valence-electron chi connectivity index (χ4n) is 1.46. The van der Waals surface area contributed by atoms with Crippen LogP contribution in [0.25, 0.3) is 0 Å². The van der Waals surface area contributed by atoms with Crippen molar-refractivity contribution < 1.29 is 9.90 Å². The van der Waals surface area contributed by atoms with E-state index in [-0.39, 0.29) is 11.7 Å². The van der Waals surface area contributed by atoms with Gasteiger partial charge in [-0.1, -0.05) is 12.1 Å². The van der Waals surface area contributed by atoms with Crippen molar-refractivity contribution in [2.45, 2.75) is 0 Å². The van der Waals surface area contributed by atoms with Crippen LogP contribution in [0.3, 0.4) is 0 Å². The number of hydrogen-bond donors (Lipinski definition) is 3. The number of phenolic OH excluding ortho intramolecular Hbond substituents is 1. The topological polar surface area (TPSA) is 75.4 Å². The first-order valence-electron chi connectivity index (χ1n) is 5.22. The van der Waals surface area contributed by atoms with Crippen LogP contribution in [0.1, 0.15) is 10.4 Å². The molecule has 4 nitrogen and oxygen atoms in total. The Labute approximate surface area is 113 Å². The summed E-state index contributed by atoms with van der Waals surface area (Å²) in [4.78, 5) is 11.9. The van der Waals surface area contributed by atoms with Crippen molar-refractivity contribution in [3.05, 3.63) is 52.5 Å². The van der Waals surface area contributed by atoms with Gasteiger partial charge in [0.05, 0.1) is 5.69 Å². The molecule has 0 spiro atoms. The zero-order chi connectivity index (χ0) is 13.1. The van der Waals surface area contributed by atoms with Gasteiger partial charge in [0.25, 0.3) is 5.91 Å². The summed E-state index contributed by atoms with van der Waals surface area (Å²) in [7, 11) is 0. The number of nitrogens with two attached hydrogens (primary N) is 1. The van der Waals surface area contributed by atoms with Gasteiger partial charge in [-0.05, 0) is 46.3 Å². The van der Waals surface area contributed by atoms with Crippen molar-refractivity contribution in [2.24, 2.45) is 0 Å². The van der Waals surface area contributed by atoms with Gasteiger partial charge in [-0.3, -0.25) is 4.79 Å². The number of benzene rings is 2. The molecule has 18 heavy (non-hydrogen) atoms. The lowest BCUT2D eigenvalue weighted by atomic mass is 10.2. The molecule has 2 rings (SSSR count). The summed E-state index contributed by atoms with van der Waals surface area (Å²) in [6.07, 6.45) is 0. The highest BCUT2D eigenvalue weighted by Crippen LogP contribution is 2.24. The maximum Gasteiger partial charge on any atom is 0.255 e. The van der Waals surface area contributed by atoms with Crippen molar-refractivity contribution in [3.8, 4) is 5.75 Å². The highest BCUT2D eigenvalue weighted by molar-refractivity contribution is 9.10.